The average molecular weight is 267 g/mol. The van der Waals surface area contributed by atoms with E-state index in [1.54, 1.807) is 4.90 Å². The minimum Gasteiger partial charge on any atom is -0.444 e. The van der Waals surface area contributed by atoms with Crippen molar-refractivity contribution in [3.05, 3.63) is 11.6 Å². The maximum atomic E-state index is 11.9. The number of hydrogen-bond donors (Lipinski definition) is 2. The Balaban J connectivity index is 1.94. The van der Waals surface area contributed by atoms with Crippen LogP contribution in [0.4, 0.5) is 4.79 Å². The van der Waals surface area contributed by atoms with Gasteiger partial charge in [-0.3, -0.25) is 5.10 Å². The fourth-order valence-corrected chi connectivity index (χ4v) is 2.05. The predicted octanol–water partition coefficient (Wildman–Crippen LogP) is 0.988. The Morgan fingerprint density at radius 3 is 2.89 bits per heavy atom. The molecule has 0 bridgehead atoms. The summed E-state index contributed by atoms with van der Waals surface area (Å²) in [6, 6.07) is 0. The van der Waals surface area contributed by atoms with E-state index in [1.807, 2.05) is 20.8 Å². The monoisotopic (exact) mass is 267 g/mol. The summed E-state index contributed by atoms with van der Waals surface area (Å²) in [5.41, 5.74) is 5.02. The van der Waals surface area contributed by atoms with Crippen LogP contribution in [0.15, 0.2) is 0 Å². The highest BCUT2D eigenvalue weighted by Gasteiger charge is 2.32. The molecule has 1 saturated heterocycles. The molecule has 1 fully saturated rings. The number of likely N-dealkylation sites (tertiary alicyclic amines) is 1. The van der Waals surface area contributed by atoms with E-state index in [0.29, 0.717) is 25.5 Å². The second-order valence-electron chi connectivity index (χ2n) is 5.76. The van der Waals surface area contributed by atoms with Crippen LogP contribution in [0.5, 0.6) is 0 Å². The summed E-state index contributed by atoms with van der Waals surface area (Å²) in [6.07, 6.45) is 0.575. The van der Waals surface area contributed by atoms with E-state index >= 15 is 0 Å². The van der Waals surface area contributed by atoms with Gasteiger partial charge < -0.3 is 15.4 Å². The van der Waals surface area contributed by atoms with Crippen LogP contribution in [-0.4, -0.2) is 44.9 Å². The maximum Gasteiger partial charge on any atom is 0.410 e. The lowest BCUT2D eigenvalue weighted by atomic mass is 10.1. The van der Waals surface area contributed by atoms with Crippen molar-refractivity contribution in [3.63, 3.8) is 0 Å². The van der Waals surface area contributed by atoms with Gasteiger partial charge in [0.25, 0.3) is 0 Å². The summed E-state index contributed by atoms with van der Waals surface area (Å²) in [4.78, 5) is 17.9. The minimum atomic E-state index is -0.466. The Morgan fingerprint density at radius 2 is 2.32 bits per heavy atom. The quantitative estimate of drug-likeness (QED) is 0.832. The zero-order valence-corrected chi connectivity index (χ0v) is 11.6. The molecule has 0 radical (unpaired) electrons. The summed E-state index contributed by atoms with van der Waals surface area (Å²) in [6.45, 7) is 7.20. The molecular formula is C12H21N5O2. The lowest BCUT2D eigenvalue weighted by Gasteiger charge is -2.24. The molecule has 1 atom stereocenters. The number of nitrogens with two attached hydrogens (primary N) is 1. The highest BCUT2D eigenvalue weighted by Crippen LogP contribution is 2.25. The molecule has 7 heteroatoms. The van der Waals surface area contributed by atoms with E-state index in [4.69, 9.17) is 10.5 Å². The third-order valence-electron chi connectivity index (χ3n) is 2.95. The number of rotatable bonds is 2. The first-order chi connectivity index (χ1) is 8.89. The van der Waals surface area contributed by atoms with Crippen LogP contribution >= 0.6 is 0 Å². The van der Waals surface area contributed by atoms with Gasteiger partial charge in [0.15, 0.2) is 5.82 Å². The van der Waals surface area contributed by atoms with E-state index in [9.17, 15) is 4.79 Å². The second kappa shape index (κ2) is 5.16. The molecule has 106 valence electrons. The topological polar surface area (TPSA) is 97.1 Å². The Morgan fingerprint density at radius 1 is 1.58 bits per heavy atom. The Kier molecular flexibility index (Phi) is 3.75. The molecule has 0 aliphatic carbocycles. The van der Waals surface area contributed by atoms with Gasteiger partial charge in [-0.1, -0.05) is 0 Å². The van der Waals surface area contributed by atoms with Crippen molar-refractivity contribution in [2.45, 2.75) is 45.3 Å². The molecular weight excluding hydrogens is 246 g/mol. The zero-order chi connectivity index (χ0) is 14.0. The normalized spacial score (nSPS) is 19.8. The van der Waals surface area contributed by atoms with Crippen molar-refractivity contribution in [1.82, 2.24) is 20.1 Å². The number of nitrogens with zero attached hydrogens (tertiary/aromatic N) is 3. The molecule has 1 aromatic heterocycles. The molecule has 2 rings (SSSR count). The number of amides is 1. The molecule has 1 amide bonds. The third kappa shape index (κ3) is 3.44. The van der Waals surface area contributed by atoms with E-state index in [2.05, 4.69) is 15.2 Å². The third-order valence-corrected chi connectivity index (χ3v) is 2.95. The summed E-state index contributed by atoms with van der Waals surface area (Å²) in [7, 11) is 0. The van der Waals surface area contributed by atoms with Gasteiger partial charge >= 0.3 is 6.09 Å². The lowest BCUT2D eigenvalue weighted by Crippen LogP contribution is -2.35. The number of H-pyrrole nitrogens is 1. The van der Waals surface area contributed by atoms with Crippen LogP contribution in [-0.2, 0) is 11.3 Å². The Labute approximate surface area is 112 Å². The van der Waals surface area contributed by atoms with E-state index in [1.165, 1.54) is 0 Å². The number of carbonyl (C=O) groups is 1. The summed E-state index contributed by atoms with van der Waals surface area (Å²) >= 11 is 0. The fraction of sp³-hybridized carbons (Fsp3) is 0.750. The SMILES string of the molecule is CC(C)(C)OC(=O)N1CCC(c2n[nH]c(CN)n2)C1. The van der Waals surface area contributed by atoms with Crippen LogP contribution in [0.3, 0.4) is 0 Å². The van der Waals surface area contributed by atoms with Crippen molar-refractivity contribution in [3.8, 4) is 0 Å². The van der Waals surface area contributed by atoms with Crippen LogP contribution in [0.2, 0.25) is 0 Å². The fourth-order valence-electron chi connectivity index (χ4n) is 2.05. The first-order valence-electron chi connectivity index (χ1n) is 6.48. The molecule has 1 aliphatic rings. The molecule has 19 heavy (non-hydrogen) atoms. The summed E-state index contributed by atoms with van der Waals surface area (Å²) < 4.78 is 5.35. The number of nitrogens with one attached hydrogen (secondary N) is 1. The number of hydrogen-bond acceptors (Lipinski definition) is 5. The van der Waals surface area contributed by atoms with Gasteiger partial charge in [0.2, 0.25) is 0 Å². The second-order valence-corrected chi connectivity index (χ2v) is 5.76. The summed E-state index contributed by atoms with van der Waals surface area (Å²) in [5.74, 6) is 1.56. The first kappa shape index (κ1) is 13.8. The standard InChI is InChI=1S/C12H21N5O2/c1-12(2,3)19-11(18)17-5-4-8(7-17)10-14-9(6-13)15-16-10/h8H,4-7,13H2,1-3H3,(H,14,15,16). The van der Waals surface area contributed by atoms with Crippen LogP contribution in [0.25, 0.3) is 0 Å². The molecule has 0 saturated carbocycles. The summed E-state index contributed by atoms with van der Waals surface area (Å²) in [5, 5.41) is 6.94. The zero-order valence-electron chi connectivity index (χ0n) is 11.6. The molecule has 1 unspecified atom stereocenters. The van der Waals surface area contributed by atoms with E-state index in [-0.39, 0.29) is 12.0 Å². The van der Waals surface area contributed by atoms with Gasteiger partial charge in [-0.05, 0) is 27.2 Å². The van der Waals surface area contributed by atoms with Gasteiger partial charge in [0.1, 0.15) is 11.4 Å². The first-order valence-corrected chi connectivity index (χ1v) is 6.48. The molecule has 1 aromatic rings. The number of ether oxygens (including phenoxy) is 1. The highest BCUT2D eigenvalue weighted by atomic mass is 16.6. The largest absolute Gasteiger partial charge is 0.444 e. The van der Waals surface area contributed by atoms with Crippen LogP contribution in [0.1, 0.15) is 44.8 Å². The molecule has 0 spiro atoms. The smallest absolute Gasteiger partial charge is 0.410 e. The number of aromatic amines is 1. The van der Waals surface area contributed by atoms with Gasteiger partial charge in [-0.2, -0.15) is 5.10 Å². The lowest BCUT2D eigenvalue weighted by molar-refractivity contribution is 0.0292. The minimum absolute atomic E-state index is 0.157. The van der Waals surface area contributed by atoms with Gasteiger partial charge in [-0.15, -0.1) is 0 Å². The molecule has 0 aromatic carbocycles. The van der Waals surface area contributed by atoms with Crippen LogP contribution < -0.4 is 5.73 Å². The van der Waals surface area contributed by atoms with Gasteiger partial charge in [0, 0.05) is 19.0 Å². The Hall–Kier alpha value is -1.63. The predicted molar refractivity (Wildman–Crippen MR) is 69.4 cm³/mol. The molecule has 1 aliphatic heterocycles. The van der Waals surface area contributed by atoms with E-state index in [0.717, 1.165) is 12.2 Å². The van der Waals surface area contributed by atoms with Crippen molar-refractivity contribution in [2.24, 2.45) is 5.73 Å². The van der Waals surface area contributed by atoms with Gasteiger partial charge in [0.05, 0.1) is 6.54 Å². The maximum absolute atomic E-state index is 11.9. The van der Waals surface area contributed by atoms with Gasteiger partial charge in [-0.25, -0.2) is 9.78 Å². The van der Waals surface area contributed by atoms with Crippen molar-refractivity contribution >= 4 is 6.09 Å². The molecule has 2 heterocycles. The van der Waals surface area contributed by atoms with E-state index < -0.39 is 5.60 Å². The Bertz CT molecular complexity index is 451. The van der Waals surface area contributed by atoms with Crippen molar-refractivity contribution in [2.75, 3.05) is 13.1 Å². The molecule has 3 N–H and O–H groups in total. The number of carbonyl (C=O) groups excluding carboxylic acids is 1. The van der Waals surface area contributed by atoms with Crippen LogP contribution in [0, 0.1) is 0 Å². The molecule has 7 nitrogen and oxygen atoms in total. The van der Waals surface area contributed by atoms with Crippen molar-refractivity contribution in [1.29, 1.82) is 0 Å². The number of aromatic nitrogens is 3. The average Bonchev–Trinajstić information content (AvgIpc) is 2.95. The van der Waals surface area contributed by atoms with Crippen molar-refractivity contribution < 1.29 is 9.53 Å². The highest BCUT2D eigenvalue weighted by molar-refractivity contribution is 5.68.